The molecule has 0 fully saturated rings. The molecule has 0 aliphatic carbocycles. The number of furan rings is 2. The lowest BCUT2D eigenvalue weighted by Gasteiger charge is -2.28. The monoisotopic (exact) mass is 669 g/mol. The molecule has 0 saturated heterocycles. The first-order chi connectivity index (χ1) is 25.7. The molecule has 7 aromatic carbocycles. The van der Waals surface area contributed by atoms with Crippen molar-refractivity contribution in [1.82, 2.24) is 0 Å². The molecular weight excluding hydrogens is 635 g/mol. The zero-order chi connectivity index (χ0) is 35.0. The molecule has 0 spiro atoms. The predicted octanol–water partition coefficient (Wildman–Crippen LogP) is 14.5. The van der Waals surface area contributed by atoms with Crippen molar-refractivity contribution in [3.63, 3.8) is 0 Å². The lowest BCUT2D eigenvalue weighted by atomic mass is 9.97. The van der Waals surface area contributed by atoms with Gasteiger partial charge in [0.25, 0.3) is 0 Å². The molecule has 0 aliphatic rings. The van der Waals surface area contributed by atoms with Crippen LogP contribution < -0.4 is 4.90 Å². The molecule has 2 aromatic heterocycles. The summed E-state index contributed by atoms with van der Waals surface area (Å²) in [5.74, 6) is 0.719. The average molecular weight is 670 g/mol. The van der Waals surface area contributed by atoms with Gasteiger partial charge >= 0.3 is 0 Å². The second-order valence-corrected chi connectivity index (χ2v) is 12.9. The molecule has 9 rings (SSSR count). The number of benzene rings is 7. The van der Waals surface area contributed by atoms with Gasteiger partial charge in [-0.2, -0.15) is 0 Å². The van der Waals surface area contributed by atoms with Gasteiger partial charge in [0, 0.05) is 39.0 Å². The number of anilines is 3. The van der Waals surface area contributed by atoms with Crippen molar-refractivity contribution >= 4 is 62.1 Å². The molecule has 0 N–H and O–H groups in total. The Labute approximate surface area is 303 Å². The van der Waals surface area contributed by atoms with Crippen LogP contribution in [0.3, 0.4) is 0 Å². The molecule has 3 nitrogen and oxygen atoms in total. The third-order valence-corrected chi connectivity index (χ3v) is 9.79. The molecule has 3 heteroatoms. The Bertz CT molecular complexity index is 2730. The highest BCUT2D eigenvalue weighted by Crippen LogP contribution is 2.49. The van der Waals surface area contributed by atoms with Crippen LogP contribution in [0.1, 0.15) is 18.2 Å². The standard InChI is InChI=1S/C49H35NO2/c1-3-15-40-44(4-2)52-49-43(32-46-47(48(40)49)41-21-12-14-23-45(41)51-46)50(38-30-28-36(29-31-38)34-18-9-6-10-19-34)42-22-13-11-20-39(42)37-26-24-35(25-27-37)33-16-7-5-8-17-33/h3-32H,2H2,1H3/b15-3-. The Morgan fingerprint density at radius 1 is 0.519 bits per heavy atom. The molecule has 2 heterocycles. The summed E-state index contributed by atoms with van der Waals surface area (Å²) < 4.78 is 13.5. The minimum atomic E-state index is 0.719. The number of fused-ring (bicyclic) bond motifs is 5. The maximum absolute atomic E-state index is 6.83. The summed E-state index contributed by atoms with van der Waals surface area (Å²) in [6.45, 7) is 6.17. The van der Waals surface area contributed by atoms with Crippen molar-refractivity contribution in [3.05, 3.63) is 188 Å². The van der Waals surface area contributed by atoms with E-state index < -0.39 is 0 Å². The van der Waals surface area contributed by atoms with E-state index in [1.165, 1.54) is 16.7 Å². The van der Waals surface area contributed by atoms with E-state index in [1.54, 1.807) is 6.08 Å². The number of allylic oxidation sites excluding steroid dienone is 1. The largest absolute Gasteiger partial charge is 0.456 e. The van der Waals surface area contributed by atoms with Gasteiger partial charge < -0.3 is 13.7 Å². The zero-order valence-electron chi connectivity index (χ0n) is 28.8. The van der Waals surface area contributed by atoms with E-state index in [9.17, 15) is 0 Å². The molecular formula is C49H35NO2. The van der Waals surface area contributed by atoms with E-state index in [1.807, 2.05) is 37.3 Å². The fourth-order valence-corrected chi connectivity index (χ4v) is 7.38. The normalized spacial score (nSPS) is 11.6. The lowest BCUT2D eigenvalue weighted by molar-refractivity contribution is 0.603. The van der Waals surface area contributed by atoms with Crippen molar-refractivity contribution in [3.8, 4) is 33.4 Å². The van der Waals surface area contributed by atoms with Crippen molar-refractivity contribution in [2.45, 2.75) is 6.92 Å². The predicted molar refractivity (Wildman–Crippen MR) is 219 cm³/mol. The van der Waals surface area contributed by atoms with Crippen LogP contribution in [0.5, 0.6) is 0 Å². The maximum Gasteiger partial charge on any atom is 0.160 e. The smallest absolute Gasteiger partial charge is 0.160 e. The first kappa shape index (κ1) is 31.2. The first-order valence-corrected chi connectivity index (χ1v) is 17.6. The fourth-order valence-electron chi connectivity index (χ4n) is 7.38. The van der Waals surface area contributed by atoms with Gasteiger partial charge in [-0.15, -0.1) is 0 Å². The molecule has 0 radical (unpaired) electrons. The SMILES string of the molecule is C=Cc1oc2c(N(c3ccc(-c4ccccc4)cc3)c3ccccc3-c3ccc(-c4ccccc4)cc3)cc3oc4ccccc4c3c2c1/C=C\C. The van der Waals surface area contributed by atoms with Gasteiger partial charge in [-0.3, -0.25) is 0 Å². The second kappa shape index (κ2) is 13.1. The molecule has 0 atom stereocenters. The summed E-state index contributed by atoms with van der Waals surface area (Å²) in [4.78, 5) is 2.31. The third kappa shape index (κ3) is 5.31. The Balaban J connectivity index is 1.32. The van der Waals surface area contributed by atoms with Crippen LogP contribution in [0.2, 0.25) is 0 Å². The molecule has 0 amide bonds. The maximum atomic E-state index is 6.83. The third-order valence-electron chi connectivity index (χ3n) is 9.79. The Hall–Kier alpha value is -6.84. The Kier molecular flexibility index (Phi) is 7.87. The van der Waals surface area contributed by atoms with Gasteiger partial charge in [-0.25, -0.2) is 0 Å². The second-order valence-electron chi connectivity index (χ2n) is 12.9. The summed E-state index contributed by atoms with van der Waals surface area (Å²) in [5.41, 5.74) is 13.2. The van der Waals surface area contributed by atoms with Crippen molar-refractivity contribution in [2.75, 3.05) is 4.90 Å². The molecule has 0 aliphatic heterocycles. The van der Waals surface area contributed by atoms with Crippen LogP contribution in [-0.2, 0) is 0 Å². The molecule has 0 bridgehead atoms. The molecule has 9 aromatic rings. The quantitative estimate of drug-likeness (QED) is 0.161. The van der Waals surface area contributed by atoms with Crippen LogP contribution in [0.4, 0.5) is 17.1 Å². The Morgan fingerprint density at radius 2 is 1.10 bits per heavy atom. The number of hydrogen-bond donors (Lipinski definition) is 0. The highest BCUT2D eigenvalue weighted by atomic mass is 16.3. The van der Waals surface area contributed by atoms with E-state index in [4.69, 9.17) is 8.83 Å². The number of rotatable bonds is 8. The van der Waals surface area contributed by atoms with Gasteiger partial charge in [0.15, 0.2) is 5.58 Å². The van der Waals surface area contributed by atoms with Crippen LogP contribution in [0.15, 0.2) is 185 Å². The topological polar surface area (TPSA) is 29.5 Å². The van der Waals surface area contributed by atoms with E-state index in [0.717, 1.165) is 78.0 Å². The minimum absolute atomic E-state index is 0.719. The van der Waals surface area contributed by atoms with Crippen LogP contribution >= 0.6 is 0 Å². The van der Waals surface area contributed by atoms with Gasteiger partial charge in [-0.05, 0) is 65.1 Å². The summed E-state index contributed by atoms with van der Waals surface area (Å²) in [6, 6.07) is 57.5. The highest BCUT2D eigenvalue weighted by molar-refractivity contribution is 6.24. The zero-order valence-corrected chi connectivity index (χ0v) is 28.8. The molecule has 248 valence electrons. The van der Waals surface area contributed by atoms with Gasteiger partial charge in [0.05, 0.1) is 11.4 Å². The molecule has 52 heavy (non-hydrogen) atoms. The van der Waals surface area contributed by atoms with Gasteiger partial charge in [0.1, 0.15) is 16.9 Å². The van der Waals surface area contributed by atoms with Crippen LogP contribution in [0.25, 0.3) is 78.4 Å². The molecule has 0 saturated carbocycles. The number of para-hydroxylation sites is 2. The first-order valence-electron chi connectivity index (χ1n) is 17.6. The summed E-state index contributed by atoms with van der Waals surface area (Å²) in [7, 11) is 0. The summed E-state index contributed by atoms with van der Waals surface area (Å²) in [6.07, 6.45) is 5.95. The van der Waals surface area contributed by atoms with E-state index in [0.29, 0.717) is 0 Å². The van der Waals surface area contributed by atoms with Crippen molar-refractivity contribution in [2.24, 2.45) is 0 Å². The van der Waals surface area contributed by atoms with Crippen molar-refractivity contribution in [1.29, 1.82) is 0 Å². The van der Waals surface area contributed by atoms with E-state index in [2.05, 4.69) is 157 Å². The highest BCUT2D eigenvalue weighted by Gasteiger charge is 2.27. The Morgan fingerprint density at radius 3 is 1.77 bits per heavy atom. The number of hydrogen-bond acceptors (Lipinski definition) is 3. The summed E-state index contributed by atoms with van der Waals surface area (Å²) >= 11 is 0. The van der Waals surface area contributed by atoms with Gasteiger partial charge in [0.2, 0.25) is 0 Å². The van der Waals surface area contributed by atoms with E-state index >= 15 is 0 Å². The summed E-state index contributed by atoms with van der Waals surface area (Å²) in [5, 5.41) is 3.08. The fraction of sp³-hybridized carbons (Fsp3) is 0.0204. The molecule has 0 unspecified atom stereocenters. The number of nitrogens with zero attached hydrogens (tertiary/aromatic N) is 1. The van der Waals surface area contributed by atoms with Crippen molar-refractivity contribution < 1.29 is 8.83 Å². The lowest BCUT2D eigenvalue weighted by Crippen LogP contribution is -2.11. The average Bonchev–Trinajstić information content (AvgIpc) is 3.77. The van der Waals surface area contributed by atoms with Crippen LogP contribution in [0, 0.1) is 0 Å². The van der Waals surface area contributed by atoms with Gasteiger partial charge in [-0.1, -0.05) is 152 Å². The van der Waals surface area contributed by atoms with E-state index in [-0.39, 0.29) is 0 Å². The van der Waals surface area contributed by atoms with Crippen LogP contribution in [-0.4, -0.2) is 0 Å². The minimum Gasteiger partial charge on any atom is -0.456 e.